The van der Waals surface area contributed by atoms with Gasteiger partial charge in [0.2, 0.25) is 11.8 Å². The van der Waals surface area contributed by atoms with Gasteiger partial charge in [-0.2, -0.15) is 0 Å². The van der Waals surface area contributed by atoms with Crippen LogP contribution in [0.5, 0.6) is 0 Å². The first-order chi connectivity index (χ1) is 31.9. The van der Waals surface area contributed by atoms with E-state index in [2.05, 4.69) is 53.4 Å². The number of rotatable bonds is 11. The van der Waals surface area contributed by atoms with Crippen molar-refractivity contribution in [2.45, 2.75) is 135 Å². The van der Waals surface area contributed by atoms with Crippen molar-refractivity contribution < 1.29 is 37.4 Å². The number of benzene rings is 3. The molecular weight excluding hydrogens is 859 g/mol. The summed E-state index contributed by atoms with van der Waals surface area (Å²) >= 11 is 0. The molecule has 14 nitrogen and oxygen atoms in total. The number of likely N-dealkylation sites (tertiary alicyclic amines) is 2. The van der Waals surface area contributed by atoms with Gasteiger partial charge in [0.05, 0.1) is 43.9 Å². The number of nitrogens with one attached hydrogen (secondary N) is 3. The van der Waals surface area contributed by atoms with E-state index in [9.17, 15) is 19.2 Å². The molecule has 8 rings (SSSR count). The molecule has 0 spiro atoms. The van der Waals surface area contributed by atoms with Gasteiger partial charge in [-0.25, -0.2) is 23.4 Å². The molecule has 4 aliphatic rings. The Bertz CT molecular complexity index is 2570. The lowest BCUT2D eigenvalue weighted by Gasteiger charge is -2.34. The van der Waals surface area contributed by atoms with Gasteiger partial charge in [0, 0.05) is 42.0 Å². The lowest BCUT2D eigenvalue weighted by atomic mass is 9.87. The maximum Gasteiger partial charge on any atom is 0.407 e. The molecule has 16 heteroatoms. The number of hydrogen-bond acceptors (Lipinski definition) is 9. The number of nitrogens with zero attached hydrogens (tertiary/aromatic N) is 5. The number of carbonyl (C=O) groups excluding carboxylic acids is 4. The van der Waals surface area contributed by atoms with Crippen LogP contribution >= 0.6 is 0 Å². The smallest absolute Gasteiger partial charge is 0.407 e. The molecule has 3 aromatic carbocycles. The summed E-state index contributed by atoms with van der Waals surface area (Å²) in [5.41, 5.74) is 5.13. The van der Waals surface area contributed by atoms with Crippen LogP contribution in [0.3, 0.4) is 0 Å². The Balaban J connectivity index is 1.11. The van der Waals surface area contributed by atoms with Crippen LogP contribution in [0.15, 0.2) is 53.5 Å². The number of hydrogen-bond donors (Lipinski definition) is 3. The van der Waals surface area contributed by atoms with E-state index >= 15 is 8.78 Å². The Morgan fingerprint density at radius 1 is 0.716 bits per heavy atom. The highest BCUT2D eigenvalue weighted by atomic mass is 19.1. The number of aromatic amines is 1. The maximum absolute atomic E-state index is 17.3. The fraction of sp³-hybridized carbons (Fsp3) is 0.529. The van der Waals surface area contributed by atoms with Gasteiger partial charge < -0.3 is 39.8 Å². The van der Waals surface area contributed by atoms with Crippen molar-refractivity contribution in [1.29, 1.82) is 0 Å². The molecule has 0 aliphatic carbocycles. The monoisotopic (exact) mass is 922 g/mol. The van der Waals surface area contributed by atoms with Crippen molar-refractivity contribution in [3.05, 3.63) is 88.2 Å². The average Bonchev–Trinajstić information content (AvgIpc) is 4.15. The topological polar surface area (TPSA) is 162 Å². The average molecular weight is 923 g/mol. The Morgan fingerprint density at radius 3 is 1.81 bits per heavy atom. The summed E-state index contributed by atoms with van der Waals surface area (Å²) in [4.78, 5) is 70.8. The zero-order valence-electron chi connectivity index (χ0n) is 40.0. The molecule has 4 aliphatic heterocycles. The van der Waals surface area contributed by atoms with Crippen molar-refractivity contribution in [2.24, 2.45) is 16.8 Å². The summed E-state index contributed by atoms with van der Waals surface area (Å²) in [5, 5.41) is 5.37. The number of anilines is 1. The molecule has 0 saturated carbocycles. The van der Waals surface area contributed by atoms with Crippen LogP contribution in [0.4, 0.5) is 29.7 Å². The van der Waals surface area contributed by atoms with E-state index < -0.39 is 54.0 Å². The first-order valence-electron chi connectivity index (χ1n) is 23.7. The van der Waals surface area contributed by atoms with Gasteiger partial charge in [0.25, 0.3) is 0 Å². The third-order valence-corrected chi connectivity index (χ3v) is 14.2. The molecule has 0 radical (unpaired) electrons. The molecule has 0 bridgehead atoms. The number of halogens is 2. The number of alkyl carbamates (subject to hydrolysis) is 2. The minimum absolute atomic E-state index is 0.112. The molecule has 6 atom stereocenters. The van der Waals surface area contributed by atoms with Crippen LogP contribution in [0.2, 0.25) is 0 Å². The summed E-state index contributed by atoms with van der Waals surface area (Å²) < 4.78 is 44.1. The van der Waals surface area contributed by atoms with E-state index in [1.165, 1.54) is 14.2 Å². The largest absolute Gasteiger partial charge is 0.453 e. The van der Waals surface area contributed by atoms with Crippen molar-refractivity contribution in [1.82, 2.24) is 30.4 Å². The van der Waals surface area contributed by atoms with Gasteiger partial charge >= 0.3 is 12.2 Å². The molecule has 1 aromatic heterocycles. The highest BCUT2D eigenvalue weighted by Crippen LogP contribution is 2.50. The summed E-state index contributed by atoms with van der Waals surface area (Å²) in [6.07, 6.45) is 2.86. The number of imidazole rings is 1. The molecular formula is C51H64F2N8O6. The van der Waals surface area contributed by atoms with Crippen molar-refractivity contribution >= 4 is 52.1 Å². The predicted molar refractivity (Wildman–Crippen MR) is 252 cm³/mol. The van der Waals surface area contributed by atoms with Gasteiger partial charge in [-0.1, -0.05) is 78.8 Å². The number of amides is 4. The van der Waals surface area contributed by atoms with E-state index in [1.807, 2.05) is 58.0 Å². The Hall–Kier alpha value is -6.06. The molecule has 5 heterocycles. The van der Waals surface area contributed by atoms with Gasteiger partial charge in [0.1, 0.15) is 29.1 Å². The van der Waals surface area contributed by atoms with Gasteiger partial charge in [0.15, 0.2) is 11.6 Å². The third kappa shape index (κ3) is 9.07. The third-order valence-electron chi connectivity index (χ3n) is 14.2. The summed E-state index contributed by atoms with van der Waals surface area (Å²) in [6.45, 7) is 14.8. The maximum atomic E-state index is 17.3. The van der Waals surface area contributed by atoms with Gasteiger partial charge in [-0.05, 0) is 85.1 Å². The quantitative estimate of drug-likeness (QED) is 0.134. The zero-order valence-corrected chi connectivity index (χ0v) is 40.0. The molecule has 3 N–H and O–H groups in total. The molecule has 4 aromatic rings. The first kappa shape index (κ1) is 47.4. The lowest BCUT2D eigenvalue weighted by Crippen LogP contribution is -2.53. The Morgan fingerprint density at radius 2 is 1.25 bits per heavy atom. The van der Waals surface area contributed by atoms with Crippen LogP contribution in [0.1, 0.15) is 133 Å². The van der Waals surface area contributed by atoms with Crippen molar-refractivity contribution in [2.75, 3.05) is 32.2 Å². The minimum atomic E-state index is -0.807. The number of fused-ring (bicyclic) bond motifs is 2. The zero-order chi connectivity index (χ0) is 48.1. The van der Waals surface area contributed by atoms with E-state index in [4.69, 9.17) is 19.5 Å². The number of aromatic nitrogens is 2. The lowest BCUT2D eigenvalue weighted by molar-refractivity contribution is -0.135. The first-order valence-corrected chi connectivity index (χ1v) is 23.7. The number of aliphatic imine (C=N–C) groups is 1. The SMILES string of the molecule is COC(=O)N[C@H](C(=O)N1CCC[C@H]1C1=Nc2c(ccc([C@H]3CC[C@H](c4ccc5[nH]c([C@@H]6CCCN6C(=O)[C@@H](NC(=O)OC)C(C)C)nc5c4F)N3c3ccc(C(C)(C)C)cc3)c2F)C1)C(C)C. The van der Waals surface area contributed by atoms with Crippen LogP contribution in [-0.2, 0) is 30.9 Å². The Labute approximate surface area is 391 Å². The van der Waals surface area contributed by atoms with Crippen molar-refractivity contribution in [3.63, 3.8) is 0 Å². The van der Waals surface area contributed by atoms with Crippen LogP contribution < -0.4 is 15.5 Å². The van der Waals surface area contributed by atoms with Gasteiger partial charge in [-0.15, -0.1) is 0 Å². The molecule has 4 amide bonds. The summed E-state index contributed by atoms with van der Waals surface area (Å²) in [5.74, 6) is -1.30. The van der Waals surface area contributed by atoms with Gasteiger partial charge in [-0.3, -0.25) is 14.6 Å². The van der Waals surface area contributed by atoms with E-state index in [1.54, 1.807) is 15.9 Å². The van der Waals surface area contributed by atoms with E-state index in [0.29, 0.717) is 73.4 Å². The van der Waals surface area contributed by atoms with E-state index in [-0.39, 0.29) is 46.3 Å². The Kier molecular flexibility index (Phi) is 13.4. The van der Waals surface area contributed by atoms with Crippen LogP contribution in [0, 0.1) is 23.5 Å². The molecule has 358 valence electrons. The number of H-pyrrole nitrogens is 1. The highest BCUT2D eigenvalue weighted by molar-refractivity contribution is 6.01. The number of carbonyl (C=O) groups is 4. The standard InChI is InChI=1S/C51H64F2N8O6/c1-27(2)42(57-49(64)66-8)47(62)59-24-10-12-38(59)35-26-29-14-19-32(40(52)44(29)54-35)36-22-23-37(61(36)31-17-15-30(16-18-31)51(5,6)7)33-20-21-34-45(41(33)53)56-46(55-34)39-13-11-25-60(39)48(63)43(28(3)4)58-50(65)67-9/h14-21,27-28,36-39,42-43H,10-13,22-26H2,1-9H3,(H,55,56)(H,57,64)(H,58,65)/t36-,37-,38+,39+,42+,43+/m1/s1. The minimum Gasteiger partial charge on any atom is -0.453 e. The van der Waals surface area contributed by atoms with Crippen LogP contribution in [-0.4, -0.2) is 94.9 Å². The molecule has 3 fully saturated rings. The fourth-order valence-electron chi connectivity index (χ4n) is 10.6. The summed E-state index contributed by atoms with van der Waals surface area (Å²) in [6, 6.07) is 12.3. The number of ether oxygens (including phenoxy) is 2. The van der Waals surface area contributed by atoms with Crippen LogP contribution in [0.25, 0.3) is 11.0 Å². The molecule has 3 saturated heterocycles. The molecule has 67 heavy (non-hydrogen) atoms. The second-order valence-electron chi connectivity index (χ2n) is 20.2. The number of methoxy groups -OCH3 is 2. The molecule has 0 unspecified atom stereocenters. The highest BCUT2D eigenvalue weighted by Gasteiger charge is 2.43. The second-order valence-corrected chi connectivity index (χ2v) is 20.2. The predicted octanol–water partition coefficient (Wildman–Crippen LogP) is 9.27. The second kappa shape index (κ2) is 18.9. The normalized spacial score (nSPS) is 21.5. The fourth-order valence-corrected chi connectivity index (χ4v) is 10.6. The van der Waals surface area contributed by atoms with E-state index in [0.717, 1.165) is 29.7 Å². The van der Waals surface area contributed by atoms with Crippen molar-refractivity contribution in [3.8, 4) is 0 Å². The summed E-state index contributed by atoms with van der Waals surface area (Å²) in [7, 11) is 2.52.